The molecule has 1 unspecified atom stereocenters. The fraction of sp³-hybridized carbons (Fsp3) is 0.533. The highest BCUT2D eigenvalue weighted by molar-refractivity contribution is 7.99. The number of carbonyl (C=O) groups is 1. The van der Waals surface area contributed by atoms with Gasteiger partial charge in [0.1, 0.15) is 6.10 Å². The highest BCUT2D eigenvalue weighted by Gasteiger charge is 2.15. The van der Waals surface area contributed by atoms with Crippen molar-refractivity contribution in [2.45, 2.75) is 20.0 Å². The van der Waals surface area contributed by atoms with Crippen molar-refractivity contribution in [3.8, 4) is 0 Å². The summed E-state index contributed by atoms with van der Waals surface area (Å²) in [4.78, 5) is 14.2. The second-order valence-corrected chi connectivity index (χ2v) is 6.19. The second kappa shape index (κ2) is 6.99. The SMILES string of the molecule is COC(C)C(=O)Nc1ccc(N2CCSCC2)cc1C. The van der Waals surface area contributed by atoms with Crippen LogP contribution in [0, 0.1) is 6.92 Å². The molecule has 0 bridgehead atoms. The molecule has 1 saturated heterocycles. The number of anilines is 2. The predicted molar refractivity (Wildman–Crippen MR) is 85.8 cm³/mol. The fourth-order valence-corrected chi connectivity index (χ4v) is 3.05. The Kier molecular flexibility index (Phi) is 5.31. The summed E-state index contributed by atoms with van der Waals surface area (Å²) in [5.41, 5.74) is 3.17. The lowest BCUT2D eigenvalue weighted by molar-refractivity contribution is -0.124. The summed E-state index contributed by atoms with van der Waals surface area (Å²) < 4.78 is 5.02. The Bertz CT molecular complexity index is 473. The largest absolute Gasteiger partial charge is 0.372 e. The van der Waals surface area contributed by atoms with E-state index in [1.165, 1.54) is 24.3 Å². The van der Waals surface area contributed by atoms with E-state index in [2.05, 4.69) is 22.3 Å². The summed E-state index contributed by atoms with van der Waals surface area (Å²) in [5, 5.41) is 2.90. The van der Waals surface area contributed by atoms with Crippen molar-refractivity contribution in [3.05, 3.63) is 23.8 Å². The predicted octanol–water partition coefficient (Wildman–Crippen LogP) is 2.52. The van der Waals surface area contributed by atoms with E-state index in [4.69, 9.17) is 4.74 Å². The summed E-state index contributed by atoms with van der Waals surface area (Å²) in [6, 6.07) is 6.20. The number of carbonyl (C=O) groups excluding carboxylic acids is 1. The van der Waals surface area contributed by atoms with Crippen LogP contribution in [0.1, 0.15) is 12.5 Å². The topological polar surface area (TPSA) is 41.6 Å². The van der Waals surface area contributed by atoms with Crippen LogP contribution in [0.25, 0.3) is 0 Å². The van der Waals surface area contributed by atoms with Crippen LogP contribution in [0.15, 0.2) is 18.2 Å². The molecule has 0 saturated carbocycles. The molecule has 2 rings (SSSR count). The van der Waals surface area contributed by atoms with E-state index in [1.54, 1.807) is 6.92 Å². The number of ether oxygens (including phenoxy) is 1. The van der Waals surface area contributed by atoms with Gasteiger partial charge in [-0.3, -0.25) is 4.79 Å². The van der Waals surface area contributed by atoms with E-state index in [-0.39, 0.29) is 5.91 Å². The Morgan fingerprint density at radius 2 is 2.10 bits per heavy atom. The number of hydrogen-bond donors (Lipinski definition) is 1. The standard InChI is InChI=1S/C15H22N2O2S/c1-11-10-13(17-6-8-20-9-7-17)4-5-14(11)16-15(18)12(2)19-3/h4-5,10,12H,6-9H2,1-3H3,(H,16,18). The van der Waals surface area contributed by atoms with Gasteiger partial charge in [-0.25, -0.2) is 0 Å². The molecule has 0 radical (unpaired) electrons. The van der Waals surface area contributed by atoms with Crippen LogP contribution in [0.2, 0.25) is 0 Å². The zero-order chi connectivity index (χ0) is 14.5. The quantitative estimate of drug-likeness (QED) is 0.926. The number of benzene rings is 1. The number of thioether (sulfide) groups is 1. The molecule has 20 heavy (non-hydrogen) atoms. The summed E-state index contributed by atoms with van der Waals surface area (Å²) in [6.07, 6.45) is -0.437. The van der Waals surface area contributed by atoms with Crippen molar-refractivity contribution < 1.29 is 9.53 Å². The van der Waals surface area contributed by atoms with Gasteiger partial charge in [0.15, 0.2) is 0 Å². The van der Waals surface area contributed by atoms with Gasteiger partial charge in [-0.1, -0.05) is 0 Å². The van der Waals surface area contributed by atoms with Gasteiger partial charge in [0.2, 0.25) is 0 Å². The summed E-state index contributed by atoms with van der Waals surface area (Å²) in [7, 11) is 1.54. The number of hydrogen-bond acceptors (Lipinski definition) is 4. The lowest BCUT2D eigenvalue weighted by Crippen LogP contribution is -2.32. The first kappa shape index (κ1) is 15.2. The lowest BCUT2D eigenvalue weighted by Gasteiger charge is -2.29. The first-order chi connectivity index (χ1) is 9.61. The third-order valence-electron chi connectivity index (χ3n) is 3.57. The van der Waals surface area contributed by atoms with E-state index >= 15 is 0 Å². The van der Waals surface area contributed by atoms with Gasteiger partial charge in [0.05, 0.1) is 0 Å². The monoisotopic (exact) mass is 294 g/mol. The molecule has 1 aliphatic rings. The normalized spacial score (nSPS) is 16.9. The average Bonchev–Trinajstić information content (AvgIpc) is 2.49. The zero-order valence-electron chi connectivity index (χ0n) is 12.3. The lowest BCUT2D eigenvalue weighted by atomic mass is 10.1. The van der Waals surface area contributed by atoms with Gasteiger partial charge in [-0.15, -0.1) is 0 Å². The molecule has 1 fully saturated rings. The molecule has 0 spiro atoms. The number of nitrogens with one attached hydrogen (secondary N) is 1. The summed E-state index contributed by atoms with van der Waals surface area (Å²) >= 11 is 2.00. The Morgan fingerprint density at radius 3 is 2.70 bits per heavy atom. The van der Waals surface area contributed by atoms with Crippen LogP contribution in [0.3, 0.4) is 0 Å². The van der Waals surface area contributed by atoms with E-state index < -0.39 is 6.10 Å². The summed E-state index contributed by atoms with van der Waals surface area (Å²) in [5.74, 6) is 2.25. The van der Waals surface area contributed by atoms with Crippen LogP contribution in [0.5, 0.6) is 0 Å². The molecule has 4 nitrogen and oxygen atoms in total. The van der Waals surface area contributed by atoms with Gasteiger partial charge in [0, 0.05) is 43.1 Å². The van der Waals surface area contributed by atoms with Crippen molar-refractivity contribution in [2.75, 3.05) is 41.9 Å². The highest BCUT2D eigenvalue weighted by atomic mass is 32.2. The number of aryl methyl sites for hydroxylation is 1. The molecule has 110 valence electrons. The first-order valence-corrected chi connectivity index (χ1v) is 8.04. The molecule has 1 amide bonds. The Balaban J connectivity index is 2.07. The first-order valence-electron chi connectivity index (χ1n) is 6.89. The van der Waals surface area contributed by atoms with Crippen molar-refractivity contribution in [1.82, 2.24) is 0 Å². The van der Waals surface area contributed by atoms with Gasteiger partial charge in [-0.2, -0.15) is 11.8 Å². The molecule has 1 atom stereocenters. The van der Waals surface area contributed by atoms with E-state index in [1.807, 2.05) is 24.8 Å². The van der Waals surface area contributed by atoms with Crippen molar-refractivity contribution >= 4 is 29.0 Å². The van der Waals surface area contributed by atoms with Crippen LogP contribution >= 0.6 is 11.8 Å². The maximum absolute atomic E-state index is 11.8. The second-order valence-electron chi connectivity index (χ2n) is 4.97. The number of amides is 1. The van der Waals surface area contributed by atoms with Crippen molar-refractivity contribution in [2.24, 2.45) is 0 Å². The molecule has 1 aliphatic heterocycles. The molecule has 5 heteroatoms. The molecular formula is C15H22N2O2S. The fourth-order valence-electron chi connectivity index (χ4n) is 2.15. The molecular weight excluding hydrogens is 272 g/mol. The van der Waals surface area contributed by atoms with Crippen LogP contribution in [-0.4, -0.2) is 43.7 Å². The van der Waals surface area contributed by atoms with Crippen molar-refractivity contribution in [3.63, 3.8) is 0 Å². The van der Waals surface area contributed by atoms with Crippen LogP contribution in [0.4, 0.5) is 11.4 Å². The highest BCUT2D eigenvalue weighted by Crippen LogP contribution is 2.25. The number of nitrogens with zero attached hydrogens (tertiary/aromatic N) is 1. The van der Waals surface area contributed by atoms with Gasteiger partial charge < -0.3 is 15.0 Å². The maximum atomic E-state index is 11.8. The molecule has 1 aromatic rings. The van der Waals surface area contributed by atoms with Crippen molar-refractivity contribution in [1.29, 1.82) is 0 Å². The zero-order valence-corrected chi connectivity index (χ0v) is 13.1. The molecule has 0 aliphatic carbocycles. The smallest absolute Gasteiger partial charge is 0.253 e. The molecule has 1 aromatic carbocycles. The minimum absolute atomic E-state index is 0.113. The van der Waals surface area contributed by atoms with Gasteiger partial charge >= 0.3 is 0 Å². The minimum atomic E-state index is -0.437. The average molecular weight is 294 g/mol. The summed E-state index contributed by atoms with van der Waals surface area (Å²) in [6.45, 7) is 5.95. The maximum Gasteiger partial charge on any atom is 0.253 e. The van der Waals surface area contributed by atoms with Gasteiger partial charge in [0.25, 0.3) is 5.91 Å². The Labute approximate surface area is 124 Å². The molecule has 1 N–H and O–H groups in total. The number of rotatable bonds is 4. The third-order valence-corrected chi connectivity index (χ3v) is 4.51. The van der Waals surface area contributed by atoms with E-state index in [9.17, 15) is 4.79 Å². The van der Waals surface area contributed by atoms with Crippen LogP contribution in [-0.2, 0) is 9.53 Å². The Hall–Kier alpha value is -1.20. The Morgan fingerprint density at radius 1 is 1.40 bits per heavy atom. The van der Waals surface area contributed by atoms with E-state index in [0.29, 0.717) is 0 Å². The molecule has 0 aromatic heterocycles. The minimum Gasteiger partial charge on any atom is -0.372 e. The van der Waals surface area contributed by atoms with E-state index in [0.717, 1.165) is 24.3 Å². The number of methoxy groups -OCH3 is 1. The van der Waals surface area contributed by atoms with Gasteiger partial charge in [-0.05, 0) is 37.6 Å². The molecule has 1 heterocycles. The third kappa shape index (κ3) is 3.67. The van der Waals surface area contributed by atoms with Crippen LogP contribution < -0.4 is 10.2 Å².